The van der Waals surface area contributed by atoms with Crippen molar-refractivity contribution in [3.63, 3.8) is 0 Å². The Morgan fingerprint density at radius 1 is 1.00 bits per heavy atom. The lowest BCUT2D eigenvalue weighted by Crippen LogP contribution is -2.38. The average molecular weight is 231 g/mol. The second-order valence-corrected chi connectivity index (χ2v) is 4.03. The summed E-state index contributed by atoms with van der Waals surface area (Å²) in [6, 6.07) is 0. The van der Waals surface area contributed by atoms with Gasteiger partial charge in [0, 0.05) is 26.2 Å². The number of hydrogen-bond donors (Lipinski definition) is 0. The molecule has 0 N–H and O–H groups in total. The van der Waals surface area contributed by atoms with Crippen molar-refractivity contribution < 1.29 is 14.2 Å². The van der Waals surface area contributed by atoms with E-state index in [2.05, 4.69) is 11.8 Å². The lowest BCUT2D eigenvalue weighted by atomic mass is 10.4. The summed E-state index contributed by atoms with van der Waals surface area (Å²) in [7, 11) is 0. The van der Waals surface area contributed by atoms with Gasteiger partial charge < -0.3 is 14.2 Å². The van der Waals surface area contributed by atoms with Crippen molar-refractivity contribution in [3.05, 3.63) is 0 Å². The van der Waals surface area contributed by atoms with Crippen LogP contribution in [0.2, 0.25) is 0 Å². The highest BCUT2D eigenvalue weighted by molar-refractivity contribution is 4.60. The first-order chi connectivity index (χ1) is 7.93. The molecule has 0 aromatic carbocycles. The van der Waals surface area contributed by atoms with Crippen LogP contribution in [0.1, 0.15) is 19.8 Å². The zero-order chi connectivity index (χ0) is 11.5. The summed E-state index contributed by atoms with van der Waals surface area (Å²) in [5.74, 6) is 0. The van der Waals surface area contributed by atoms with Crippen LogP contribution < -0.4 is 0 Å². The molecule has 0 atom stereocenters. The van der Waals surface area contributed by atoms with Gasteiger partial charge in [-0.25, -0.2) is 0 Å². The van der Waals surface area contributed by atoms with E-state index in [1.807, 2.05) is 0 Å². The smallest absolute Gasteiger partial charge is 0.0701 e. The Morgan fingerprint density at radius 2 is 1.69 bits per heavy atom. The van der Waals surface area contributed by atoms with Crippen LogP contribution in [0.5, 0.6) is 0 Å². The Morgan fingerprint density at radius 3 is 2.38 bits per heavy atom. The Balaban J connectivity index is 1.77. The van der Waals surface area contributed by atoms with Crippen molar-refractivity contribution in [3.8, 4) is 0 Å². The minimum atomic E-state index is 0.716. The molecule has 0 amide bonds. The van der Waals surface area contributed by atoms with Gasteiger partial charge in [-0.05, 0) is 6.42 Å². The van der Waals surface area contributed by atoms with E-state index in [4.69, 9.17) is 14.2 Å². The van der Waals surface area contributed by atoms with E-state index in [1.165, 1.54) is 6.42 Å². The molecule has 1 fully saturated rings. The van der Waals surface area contributed by atoms with E-state index in [0.29, 0.717) is 6.61 Å². The van der Waals surface area contributed by atoms with Crippen LogP contribution in [-0.2, 0) is 14.2 Å². The van der Waals surface area contributed by atoms with Gasteiger partial charge in [0.1, 0.15) is 0 Å². The van der Waals surface area contributed by atoms with Crippen LogP contribution in [-0.4, -0.2) is 64.2 Å². The van der Waals surface area contributed by atoms with Crippen LogP contribution in [0.3, 0.4) is 0 Å². The maximum Gasteiger partial charge on any atom is 0.0701 e. The maximum absolute atomic E-state index is 5.51. The molecule has 0 saturated carbocycles. The van der Waals surface area contributed by atoms with Gasteiger partial charge in [-0.1, -0.05) is 13.3 Å². The normalized spacial score (nSPS) is 17.8. The highest BCUT2D eigenvalue weighted by Gasteiger charge is 2.08. The SMILES string of the molecule is CCCCOCCOCCN1CCOCC1. The van der Waals surface area contributed by atoms with Crippen LogP contribution in [0.25, 0.3) is 0 Å². The van der Waals surface area contributed by atoms with Gasteiger partial charge >= 0.3 is 0 Å². The Kier molecular flexibility index (Phi) is 8.71. The van der Waals surface area contributed by atoms with Crippen LogP contribution in [0, 0.1) is 0 Å². The predicted octanol–water partition coefficient (Wildman–Crippen LogP) is 1.15. The molecule has 16 heavy (non-hydrogen) atoms. The first-order valence-corrected chi connectivity index (χ1v) is 6.39. The molecule has 0 spiro atoms. The number of nitrogens with zero attached hydrogens (tertiary/aromatic N) is 1. The summed E-state index contributed by atoms with van der Waals surface area (Å²) < 4.78 is 16.2. The second kappa shape index (κ2) is 10.0. The number of ether oxygens (including phenoxy) is 3. The van der Waals surface area contributed by atoms with E-state index in [-0.39, 0.29) is 0 Å². The highest BCUT2D eigenvalue weighted by atomic mass is 16.5. The molecule has 4 heteroatoms. The molecule has 0 aliphatic carbocycles. The minimum Gasteiger partial charge on any atom is -0.379 e. The molecule has 0 aromatic heterocycles. The molecule has 96 valence electrons. The van der Waals surface area contributed by atoms with Crippen LogP contribution >= 0.6 is 0 Å². The second-order valence-electron chi connectivity index (χ2n) is 4.03. The largest absolute Gasteiger partial charge is 0.379 e. The highest BCUT2D eigenvalue weighted by Crippen LogP contribution is 1.95. The summed E-state index contributed by atoms with van der Waals surface area (Å²) >= 11 is 0. The lowest BCUT2D eigenvalue weighted by Gasteiger charge is -2.26. The molecule has 1 rings (SSSR count). The van der Waals surface area contributed by atoms with E-state index < -0.39 is 0 Å². The van der Waals surface area contributed by atoms with E-state index >= 15 is 0 Å². The first kappa shape index (κ1) is 13.9. The maximum atomic E-state index is 5.51. The number of morpholine rings is 1. The summed E-state index contributed by atoms with van der Waals surface area (Å²) in [4.78, 5) is 2.38. The molecule has 0 radical (unpaired) electrons. The Bertz CT molecular complexity index is 149. The lowest BCUT2D eigenvalue weighted by molar-refractivity contribution is 0.00776. The zero-order valence-corrected chi connectivity index (χ0v) is 10.5. The molecule has 1 heterocycles. The van der Waals surface area contributed by atoms with Gasteiger partial charge in [0.15, 0.2) is 0 Å². The van der Waals surface area contributed by atoms with E-state index in [1.54, 1.807) is 0 Å². The molecule has 0 unspecified atom stereocenters. The van der Waals surface area contributed by atoms with Crippen molar-refractivity contribution in [2.45, 2.75) is 19.8 Å². The topological polar surface area (TPSA) is 30.9 Å². The van der Waals surface area contributed by atoms with Crippen molar-refractivity contribution in [2.75, 3.05) is 59.3 Å². The fourth-order valence-corrected chi connectivity index (χ4v) is 1.59. The summed E-state index contributed by atoms with van der Waals surface area (Å²) in [6.07, 6.45) is 2.34. The van der Waals surface area contributed by atoms with E-state index in [9.17, 15) is 0 Å². The minimum absolute atomic E-state index is 0.716. The van der Waals surface area contributed by atoms with Crippen molar-refractivity contribution >= 4 is 0 Å². The molecule has 1 saturated heterocycles. The average Bonchev–Trinajstić information content (AvgIpc) is 2.34. The fourth-order valence-electron chi connectivity index (χ4n) is 1.59. The van der Waals surface area contributed by atoms with E-state index in [0.717, 1.165) is 59.1 Å². The molecule has 1 aliphatic heterocycles. The predicted molar refractivity (Wildman–Crippen MR) is 63.8 cm³/mol. The molecule has 4 nitrogen and oxygen atoms in total. The standard InChI is InChI=1S/C12H25NO3/c1-2-3-7-14-11-12-16-10-6-13-4-8-15-9-5-13/h2-12H2,1H3. The molecule has 0 aromatic rings. The third-order valence-corrected chi connectivity index (χ3v) is 2.67. The summed E-state index contributed by atoms with van der Waals surface area (Å²) in [5.41, 5.74) is 0. The summed E-state index contributed by atoms with van der Waals surface area (Å²) in [6.45, 7) is 10.1. The Labute approximate surface area is 98.8 Å². The number of unbranched alkanes of at least 4 members (excludes halogenated alkanes) is 1. The number of rotatable bonds is 9. The Hall–Kier alpha value is -0.160. The summed E-state index contributed by atoms with van der Waals surface area (Å²) in [5, 5.41) is 0. The van der Waals surface area contributed by atoms with Gasteiger partial charge in [0.05, 0.1) is 33.0 Å². The quantitative estimate of drug-likeness (QED) is 0.557. The van der Waals surface area contributed by atoms with Gasteiger partial charge in [-0.3, -0.25) is 4.90 Å². The van der Waals surface area contributed by atoms with Crippen molar-refractivity contribution in [1.29, 1.82) is 0 Å². The fraction of sp³-hybridized carbons (Fsp3) is 1.00. The van der Waals surface area contributed by atoms with Crippen molar-refractivity contribution in [2.24, 2.45) is 0 Å². The van der Waals surface area contributed by atoms with Crippen LogP contribution in [0.15, 0.2) is 0 Å². The molecule has 1 aliphatic rings. The monoisotopic (exact) mass is 231 g/mol. The van der Waals surface area contributed by atoms with Crippen LogP contribution in [0.4, 0.5) is 0 Å². The third-order valence-electron chi connectivity index (χ3n) is 2.67. The molecule has 0 bridgehead atoms. The molecular weight excluding hydrogens is 206 g/mol. The third kappa shape index (κ3) is 7.17. The number of hydrogen-bond acceptors (Lipinski definition) is 4. The van der Waals surface area contributed by atoms with Gasteiger partial charge in [0.25, 0.3) is 0 Å². The van der Waals surface area contributed by atoms with Gasteiger partial charge in [-0.15, -0.1) is 0 Å². The zero-order valence-electron chi connectivity index (χ0n) is 10.5. The van der Waals surface area contributed by atoms with Gasteiger partial charge in [-0.2, -0.15) is 0 Å². The molecular formula is C12H25NO3. The van der Waals surface area contributed by atoms with Gasteiger partial charge in [0.2, 0.25) is 0 Å². The first-order valence-electron chi connectivity index (χ1n) is 6.39. The van der Waals surface area contributed by atoms with Crippen molar-refractivity contribution in [1.82, 2.24) is 4.90 Å².